The number of aromatic hydroxyl groups is 1. The van der Waals surface area contributed by atoms with Crippen LogP contribution in [-0.2, 0) is 0 Å². The van der Waals surface area contributed by atoms with E-state index in [0.29, 0.717) is 10.8 Å². The molecular formula is C8H9ClO2. The number of phenolic OH excluding ortho intramolecular Hbond substituents is 1. The highest BCUT2D eigenvalue weighted by atomic mass is 35.5. The summed E-state index contributed by atoms with van der Waals surface area (Å²) in [6.45, 7) is 1.85. The largest absolute Gasteiger partial charge is 0.504 e. The van der Waals surface area contributed by atoms with E-state index in [-0.39, 0.29) is 5.75 Å². The average molecular weight is 173 g/mol. The van der Waals surface area contributed by atoms with Crippen molar-refractivity contribution in [3.05, 3.63) is 22.7 Å². The van der Waals surface area contributed by atoms with Gasteiger partial charge in [0.15, 0.2) is 11.5 Å². The summed E-state index contributed by atoms with van der Waals surface area (Å²) >= 11 is 5.81. The number of hydrogen-bond acceptors (Lipinski definition) is 2. The average Bonchev–Trinajstić information content (AvgIpc) is 1.99. The molecule has 0 spiro atoms. The number of halogens is 1. The van der Waals surface area contributed by atoms with Gasteiger partial charge in [0.2, 0.25) is 0 Å². The van der Waals surface area contributed by atoms with Gasteiger partial charge in [-0.3, -0.25) is 0 Å². The van der Waals surface area contributed by atoms with Gasteiger partial charge in [0, 0.05) is 0 Å². The molecule has 1 N–H and O–H groups in total. The first-order valence-electron chi connectivity index (χ1n) is 3.19. The van der Waals surface area contributed by atoms with E-state index in [0.717, 1.165) is 5.56 Å². The second kappa shape index (κ2) is 3.01. The fourth-order valence-electron chi connectivity index (χ4n) is 0.838. The minimum absolute atomic E-state index is 0.0723. The molecule has 1 aromatic carbocycles. The fourth-order valence-corrected chi connectivity index (χ4v) is 1.08. The highest BCUT2D eigenvalue weighted by Gasteiger charge is 2.07. The second-order valence-corrected chi connectivity index (χ2v) is 2.63. The highest BCUT2D eigenvalue weighted by Crippen LogP contribution is 2.35. The number of methoxy groups -OCH3 is 1. The summed E-state index contributed by atoms with van der Waals surface area (Å²) in [4.78, 5) is 0. The van der Waals surface area contributed by atoms with Crippen molar-refractivity contribution in [1.82, 2.24) is 0 Å². The summed E-state index contributed by atoms with van der Waals surface area (Å²) in [5.74, 6) is 0.412. The molecule has 1 rings (SSSR count). The number of rotatable bonds is 1. The third-order valence-corrected chi connectivity index (χ3v) is 1.94. The van der Waals surface area contributed by atoms with Crippen molar-refractivity contribution >= 4 is 11.6 Å². The van der Waals surface area contributed by atoms with E-state index in [1.54, 1.807) is 12.1 Å². The zero-order valence-electron chi connectivity index (χ0n) is 6.39. The van der Waals surface area contributed by atoms with Gasteiger partial charge in [-0.15, -0.1) is 0 Å². The van der Waals surface area contributed by atoms with E-state index in [9.17, 15) is 5.11 Å². The number of hydrogen-bond donors (Lipinski definition) is 1. The van der Waals surface area contributed by atoms with Gasteiger partial charge in [-0.2, -0.15) is 0 Å². The van der Waals surface area contributed by atoms with Crippen molar-refractivity contribution < 1.29 is 9.84 Å². The lowest BCUT2D eigenvalue weighted by atomic mass is 10.2. The van der Waals surface area contributed by atoms with Gasteiger partial charge < -0.3 is 9.84 Å². The van der Waals surface area contributed by atoms with Gasteiger partial charge in [0.1, 0.15) is 0 Å². The zero-order valence-corrected chi connectivity index (χ0v) is 7.14. The molecule has 0 aromatic heterocycles. The molecule has 0 atom stereocenters. The van der Waals surface area contributed by atoms with E-state index < -0.39 is 0 Å². The predicted octanol–water partition coefficient (Wildman–Crippen LogP) is 2.36. The third kappa shape index (κ3) is 1.40. The van der Waals surface area contributed by atoms with Crippen molar-refractivity contribution in [2.45, 2.75) is 6.92 Å². The zero-order chi connectivity index (χ0) is 8.43. The lowest BCUT2D eigenvalue weighted by molar-refractivity contribution is 0.373. The fraction of sp³-hybridized carbons (Fsp3) is 0.250. The monoisotopic (exact) mass is 172 g/mol. The first-order valence-corrected chi connectivity index (χ1v) is 3.56. The van der Waals surface area contributed by atoms with Crippen LogP contribution in [-0.4, -0.2) is 12.2 Å². The molecule has 0 amide bonds. The minimum atomic E-state index is 0.0723. The number of phenols is 1. The molecule has 0 bridgehead atoms. The van der Waals surface area contributed by atoms with Gasteiger partial charge in [-0.05, 0) is 18.6 Å². The molecule has 0 fully saturated rings. The number of benzene rings is 1. The van der Waals surface area contributed by atoms with Gasteiger partial charge in [-0.1, -0.05) is 17.7 Å². The van der Waals surface area contributed by atoms with Crippen molar-refractivity contribution in [2.75, 3.05) is 7.11 Å². The Labute approximate surface area is 70.4 Å². The molecule has 0 saturated carbocycles. The van der Waals surface area contributed by atoms with Crippen LogP contribution in [0.3, 0.4) is 0 Å². The summed E-state index contributed by atoms with van der Waals surface area (Å²) in [5.41, 5.74) is 0.890. The molecule has 2 nitrogen and oxygen atoms in total. The van der Waals surface area contributed by atoms with E-state index >= 15 is 0 Å². The topological polar surface area (TPSA) is 29.5 Å². The van der Waals surface area contributed by atoms with Crippen LogP contribution >= 0.6 is 11.6 Å². The Hall–Kier alpha value is -0.890. The summed E-state index contributed by atoms with van der Waals surface area (Å²) in [6, 6.07) is 3.29. The SMILES string of the molecule is COc1c(O)ccc(C)c1Cl. The predicted molar refractivity (Wildman–Crippen MR) is 44.4 cm³/mol. The summed E-state index contributed by atoms with van der Waals surface area (Å²) in [7, 11) is 1.47. The first-order chi connectivity index (χ1) is 5.16. The number of ether oxygens (including phenoxy) is 1. The van der Waals surface area contributed by atoms with Crippen LogP contribution in [0.2, 0.25) is 5.02 Å². The van der Waals surface area contributed by atoms with Gasteiger partial charge in [0.05, 0.1) is 12.1 Å². The summed E-state index contributed by atoms with van der Waals surface area (Å²) in [6.07, 6.45) is 0. The van der Waals surface area contributed by atoms with Crippen LogP contribution in [0.25, 0.3) is 0 Å². The lowest BCUT2D eigenvalue weighted by Gasteiger charge is -2.06. The molecule has 0 saturated heterocycles. The van der Waals surface area contributed by atoms with E-state index in [1.807, 2.05) is 6.92 Å². The molecule has 0 aliphatic carbocycles. The molecule has 60 valence electrons. The standard InChI is InChI=1S/C8H9ClO2/c1-5-3-4-6(10)8(11-2)7(5)9/h3-4,10H,1-2H3. The molecule has 0 aliphatic rings. The van der Waals surface area contributed by atoms with E-state index in [2.05, 4.69) is 0 Å². The van der Waals surface area contributed by atoms with E-state index in [4.69, 9.17) is 16.3 Å². The van der Waals surface area contributed by atoms with Crippen LogP contribution < -0.4 is 4.74 Å². The molecule has 3 heteroatoms. The Kier molecular flexibility index (Phi) is 2.25. The maximum absolute atomic E-state index is 9.21. The maximum atomic E-state index is 9.21. The van der Waals surface area contributed by atoms with Crippen molar-refractivity contribution in [3.63, 3.8) is 0 Å². The summed E-state index contributed by atoms with van der Waals surface area (Å²) in [5, 5.41) is 9.67. The van der Waals surface area contributed by atoms with Crippen LogP contribution in [0.1, 0.15) is 5.56 Å². The Bertz CT molecular complexity index is 271. The van der Waals surface area contributed by atoms with Crippen molar-refractivity contribution in [1.29, 1.82) is 0 Å². The van der Waals surface area contributed by atoms with Crippen LogP contribution in [0.4, 0.5) is 0 Å². The molecule has 1 aromatic rings. The molecule has 0 unspecified atom stereocenters. The Balaban J connectivity index is 3.29. The maximum Gasteiger partial charge on any atom is 0.179 e. The first kappa shape index (κ1) is 8.21. The van der Waals surface area contributed by atoms with Crippen LogP contribution in [0.15, 0.2) is 12.1 Å². The molecule has 0 radical (unpaired) electrons. The normalized spacial score (nSPS) is 9.73. The summed E-state index contributed by atoms with van der Waals surface area (Å²) < 4.78 is 4.87. The molecule has 0 aliphatic heterocycles. The van der Waals surface area contributed by atoms with Crippen molar-refractivity contribution in [2.24, 2.45) is 0 Å². The Morgan fingerprint density at radius 2 is 2.09 bits per heavy atom. The molecule has 0 heterocycles. The minimum Gasteiger partial charge on any atom is -0.504 e. The third-order valence-electron chi connectivity index (χ3n) is 1.47. The highest BCUT2D eigenvalue weighted by molar-refractivity contribution is 6.33. The molecule has 11 heavy (non-hydrogen) atoms. The smallest absolute Gasteiger partial charge is 0.179 e. The van der Waals surface area contributed by atoms with Crippen molar-refractivity contribution in [3.8, 4) is 11.5 Å². The van der Waals surface area contributed by atoms with Crippen LogP contribution in [0, 0.1) is 6.92 Å². The van der Waals surface area contributed by atoms with Gasteiger partial charge in [-0.25, -0.2) is 0 Å². The number of aryl methyl sites for hydroxylation is 1. The van der Waals surface area contributed by atoms with Gasteiger partial charge >= 0.3 is 0 Å². The van der Waals surface area contributed by atoms with Gasteiger partial charge in [0.25, 0.3) is 0 Å². The quantitative estimate of drug-likeness (QED) is 0.705. The Morgan fingerprint density at radius 1 is 1.45 bits per heavy atom. The Morgan fingerprint density at radius 3 is 2.55 bits per heavy atom. The lowest BCUT2D eigenvalue weighted by Crippen LogP contribution is -1.86. The second-order valence-electron chi connectivity index (χ2n) is 2.25. The van der Waals surface area contributed by atoms with Crippen LogP contribution in [0.5, 0.6) is 11.5 Å². The van der Waals surface area contributed by atoms with E-state index in [1.165, 1.54) is 7.11 Å². The molecular weight excluding hydrogens is 164 g/mol.